The normalized spacial score (nSPS) is 20.2. The number of benzene rings is 2. The van der Waals surface area contributed by atoms with Crippen LogP contribution in [0.15, 0.2) is 48.5 Å². The molecule has 4 rings (SSSR count). The van der Waals surface area contributed by atoms with Crippen LogP contribution < -0.4 is 10.6 Å². The number of ether oxygens (including phenoxy) is 1. The monoisotopic (exact) mass is 464 g/mol. The molecule has 0 aliphatic heterocycles. The highest BCUT2D eigenvalue weighted by Crippen LogP contribution is 2.44. The maximum atomic E-state index is 12.7. The molecule has 7 heteroatoms. The van der Waals surface area contributed by atoms with Crippen molar-refractivity contribution in [3.8, 4) is 11.1 Å². The van der Waals surface area contributed by atoms with Crippen LogP contribution in [0, 0.1) is 11.3 Å². The third-order valence-electron chi connectivity index (χ3n) is 6.87. The Morgan fingerprint density at radius 3 is 2.15 bits per heavy atom. The summed E-state index contributed by atoms with van der Waals surface area (Å²) in [6, 6.07) is 15.2. The molecule has 0 unspecified atom stereocenters. The van der Waals surface area contributed by atoms with Crippen molar-refractivity contribution in [1.29, 1.82) is 0 Å². The number of nitrogens with one attached hydrogen (secondary N) is 2. The highest BCUT2D eigenvalue weighted by Gasteiger charge is 2.37. The minimum atomic E-state index is -1.05. The van der Waals surface area contributed by atoms with E-state index < -0.39 is 23.5 Å². The first kappa shape index (κ1) is 23.8. The zero-order valence-corrected chi connectivity index (χ0v) is 19.8. The number of fused-ring (bicyclic) bond motifs is 3. The van der Waals surface area contributed by atoms with Crippen LogP contribution in [0.3, 0.4) is 0 Å². The Bertz CT molecular complexity index is 1040. The SMILES string of the molecule is CC(C)(C)[C@@H](NC(=O)[C@@H]1CC[C@H](NC(=O)OCC2c3ccccc3-c3ccccc32)C1)C(=O)O. The molecule has 2 amide bonds. The van der Waals surface area contributed by atoms with Crippen LogP contribution in [0.1, 0.15) is 57.1 Å². The molecule has 7 nitrogen and oxygen atoms in total. The molecule has 3 N–H and O–H groups in total. The van der Waals surface area contributed by atoms with Crippen molar-refractivity contribution >= 4 is 18.0 Å². The number of hydrogen-bond acceptors (Lipinski definition) is 4. The predicted octanol–water partition coefficient (Wildman–Crippen LogP) is 4.31. The van der Waals surface area contributed by atoms with E-state index >= 15 is 0 Å². The van der Waals surface area contributed by atoms with E-state index in [4.69, 9.17) is 4.74 Å². The molecule has 180 valence electrons. The molecule has 0 heterocycles. The fraction of sp³-hybridized carbons (Fsp3) is 0.444. The Labute approximate surface area is 199 Å². The molecule has 0 aromatic heterocycles. The second kappa shape index (κ2) is 9.49. The maximum Gasteiger partial charge on any atom is 0.407 e. The minimum absolute atomic E-state index is 0.00870. The van der Waals surface area contributed by atoms with Crippen LogP contribution in [0.25, 0.3) is 11.1 Å². The third-order valence-corrected chi connectivity index (χ3v) is 6.87. The van der Waals surface area contributed by atoms with E-state index in [9.17, 15) is 19.5 Å². The average molecular weight is 465 g/mol. The maximum absolute atomic E-state index is 12.7. The summed E-state index contributed by atoms with van der Waals surface area (Å²) < 4.78 is 5.61. The highest BCUT2D eigenvalue weighted by atomic mass is 16.5. The predicted molar refractivity (Wildman–Crippen MR) is 128 cm³/mol. The summed E-state index contributed by atoms with van der Waals surface area (Å²) in [4.78, 5) is 36.7. The highest BCUT2D eigenvalue weighted by molar-refractivity contribution is 5.86. The van der Waals surface area contributed by atoms with E-state index in [-0.39, 0.29) is 30.4 Å². The van der Waals surface area contributed by atoms with Gasteiger partial charge in [0.15, 0.2) is 0 Å². The summed E-state index contributed by atoms with van der Waals surface area (Å²) in [6.45, 7) is 5.58. The zero-order valence-electron chi connectivity index (χ0n) is 19.8. The van der Waals surface area contributed by atoms with Gasteiger partial charge in [-0.3, -0.25) is 4.79 Å². The van der Waals surface area contributed by atoms with Crippen molar-refractivity contribution in [2.24, 2.45) is 11.3 Å². The second-order valence-corrected chi connectivity index (χ2v) is 10.3. The molecule has 2 aromatic carbocycles. The number of aliphatic carboxylic acids is 1. The van der Waals surface area contributed by atoms with Crippen molar-refractivity contribution in [3.63, 3.8) is 0 Å². The van der Waals surface area contributed by atoms with Gasteiger partial charge in [-0.2, -0.15) is 0 Å². The van der Waals surface area contributed by atoms with Gasteiger partial charge in [0.1, 0.15) is 12.6 Å². The summed E-state index contributed by atoms with van der Waals surface area (Å²) in [5, 5.41) is 15.0. The van der Waals surface area contributed by atoms with Crippen molar-refractivity contribution in [2.75, 3.05) is 6.61 Å². The van der Waals surface area contributed by atoms with E-state index in [1.165, 1.54) is 11.1 Å². The van der Waals surface area contributed by atoms with Crippen LogP contribution >= 0.6 is 0 Å². The summed E-state index contributed by atoms with van der Waals surface area (Å²) in [7, 11) is 0. The van der Waals surface area contributed by atoms with Crippen LogP contribution in [-0.4, -0.2) is 41.8 Å². The standard InChI is InChI=1S/C27H32N2O5/c1-27(2,3)23(25(31)32)29-24(30)16-12-13-17(14-16)28-26(33)34-15-22-20-10-6-4-8-18(20)19-9-5-7-11-21(19)22/h4-11,16-17,22-23H,12-15H2,1-3H3,(H,28,33)(H,29,30)(H,31,32)/t16-,17+,23+/m1/s1. The Morgan fingerprint density at radius 2 is 1.59 bits per heavy atom. The zero-order chi connectivity index (χ0) is 24.5. The first-order chi connectivity index (χ1) is 16.1. The molecule has 2 aliphatic carbocycles. The van der Waals surface area contributed by atoms with Crippen LogP contribution in [0.2, 0.25) is 0 Å². The van der Waals surface area contributed by atoms with Crippen molar-refractivity contribution < 1.29 is 24.2 Å². The molecular weight excluding hydrogens is 432 g/mol. The molecule has 3 atom stereocenters. The minimum Gasteiger partial charge on any atom is -0.480 e. The fourth-order valence-electron chi connectivity index (χ4n) is 5.07. The van der Waals surface area contributed by atoms with Gasteiger partial charge in [-0.1, -0.05) is 69.3 Å². The Balaban J connectivity index is 1.30. The van der Waals surface area contributed by atoms with Gasteiger partial charge in [-0.25, -0.2) is 9.59 Å². The molecule has 1 fully saturated rings. The fourth-order valence-corrected chi connectivity index (χ4v) is 5.07. The molecule has 34 heavy (non-hydrogen) atoms. The Kier molecular flexibility index (Phi) is 6.64. The van der Waals surface area contributed by atoms with Crippen molar-refractivity contribution in [3.05, 3.63) is 59.7 Å². The van der Waals surface area contributed by atoms with Crippen LogP contribution in [-0.2, 0) is 14.3 Å². The lowest BCUT2D eigenvalue weighted by molar-refractivity contribution is -0.145. The van der Waals surface area contributed by atoms with E-state index in [0.29, 0.717) is 19.3 Å². The van der Waals surface area contributed by atoms with Crippen molar-refractivity contribution in [2.45, 2.75) is 58.0 Å². The van der Waals surface area contributed by atoms with Gasteiger partial charge in [0.2, 0.25) is 5.91 Å². The largest absolute Gasteiger partial charge is 0.480 e. The Hall–Kier alpha value is -3.35. The number of carbonyl (C=O) groups is 3. The van der Waals surface area contributed by atoms with Gasteiger partial charge in [0.05, 0.1) is 0 Å². The molecule has 2 aromatic rings. The van der Waals surface area contributed by atoms with Crippen LogP contribution in [0.5, 0.6) is 0 Å². The number of alkyl carbamates (subject to hydrolysis) is 1. The lowest BCUT2D eigenvalue weighted by atomic mass is 9.86. The summed E-state index contributed by atoms with van der Waals surface area (Å²) >= 11 is 0. The van der Waals surface area contributed by atoms with Gasteiger partial charge < -0.3 is 20.5 Å². The molecule has 1 saturated carbocycles. The second-order valence-electron chi connectivity index (χ2n) is 10.3. The summed E-state index contributed by atoms with van der Waals surface area (Å²) in [5.41, 5.74) is 4.05. The van der Waals surface area contributed by atoms with E-state index in [1.54, 1.807) is 20.8 Å². The Morgan fingerprint density at radius 1 is 1.00 bits per heavy atom. The topological polar surface area (TPSA) is 105 Å². The molecule has 0 spiro atoms. The third kappa shape index (κ3) is 4.93. The van der Waals surface area contributed by atoms with E-state index in [0.717, 1.165) is 11.1 Å². The first-order valence-corrected chi connectivity index (χ1v) is 11.8. The molecule has 2 aliphatic rings. The number of rotatable bonds is 6. The van der Waals surface area contributed by atoms with Gasteiger partial charge >= 0.3 is 12.1 Å². The molecule has 0 bridgehead atoms. The smallest absolute Gasteiger partial charge is 0.407 e. The lowest BCUT2D eigenvalue weighted by Gasteiger charge is -2.28. The lowest BCUT2D eigenvalue weighted by Crippen LogP contribution is -2.50. The van der Waals surface area contributed by atoms with Crippen molar-refractivity contribution in [1.82, 2.24) is 10.6 Å². The van der Waals surface area contributed by atoms with E-state index in [2.05, 4.69) is 34.9 Å². The molecule has 0 radical (unpaired) electrons. The number of amides is 2. The van der Waals surface area contributed by atoms with Gasteiger partial charge in [-0.15, -0.1) is 0 Å². The summed E-state index contributed by atoms with van der Waals surface area (Å²) in [5.74, 6) is -1.67. The average Bonchev–Trinajstić information content (AvgIpc) is 3.37. The quantitative estimate of drug-likeness (QED) is 0.591. The van der Waals surface area contributed by atoms with Crippen LogP contribution in [0.4, 0.5) is 4.79 Å². The number of carboxylic acids is 1. The number of carboxylic acid groups (broad SMARTS) is 1. The first-order valence-electron chi connectivity index (χ1n) is 11.8. The molecule has 0 saturated heterocycles. The van der Waals surface area contributed by atoms with Gasteiger partial charge in [-0.05, 0) is 46.9 Å². The van der Waals surface area contributed by atoms with Gasteiger partial charge in [0.25, 0.3) is 0 Å². The summed E-state index contributed by atoms with van der Waals surface area (Å²) in [6.07, 6.45) is 1.21. The number of hydrogen-bond donors (Lipinski definition) is 3. The van der Waals surface area contributed by atoms with Gasteiger partial charge in [0, 0.05) is 17.9 Å². The molecular formula is C27H32N2O5. The number of carbonyl (C=O) groups excluding carboxylic acids is 2. The van der Waals surface area contributed by atoms with E-state index in [1.807, 2.05) is 24.3 Å².